The van der Waals surface area contributed by atoms with E-state index in [9.17, 15) is 19.2 Å². The minimum absolute atomic E-state index is 0.00749. The lowest BCUT2D eigenvalue weighted by Gasteiger charge is -2.15. The van der Waals surface area contributed by atoms with Crippen LogP contribution in [0.1, 0.15) is 19.8 Å². The number of hydroxylamine groups is 2. The maximum atomic E-state index is 11.2. The summed E-state index contributed by atoms with van der Waals surface area (Å²) in [4.78, 5) is 48.1. The van der Waals surface area contributed by atoms with Crippen LogP contribution in [0, 0.1) is 0 Å². The maximum Gasteiger partial charge on any atom is 0.534 e. The lowest BCUT2D eigenvalue weighted by Crippen LogP contribution is -2.34. The van der Waals surface area contributed by atoms with Gasteiger partial charge in [0, 0.05) is 12.8 Å². The minimum atomic E-state index is -1.24. The molecule has 0 radical (unpaired) electrons. The molecular formula is C9H12N2O7. The van der Waals surface area contributed by atoms with Crippen molar-refractivity contribution in [2.45, 2.75) is 25.9 Å². The number of primary amides is 1. The van der Waals surface area contributed by atoms with Gasteiger partial charge in [-0.25, -0.2) is 9.59 Å². The third-order valence-corrected chi connectivity index (χ3v) is 1.93. The molecule has 1 saturated heterocycles. The van der Waals surface area contributed by atoms with Crippen molar-refractivity contribution >= 4 is 24.1 Å². The van der Waals surface area contributed by atoms with Crippen LogP contribution in [0.2, 0.25) is 0 Å². The molecule has 9 nitrogen and oxygen atoms in total. The molecule has 1 atom stereocenters. The van der Waals surface area contributed by atoms with Gasteiger partial charge >= 0.3 is 12.2 Å². The molecule has 0 aromatic heterocycles. The van der Waals surface area contributed by atoms with E-state index in [0.29, 0.717) is 5.06 Å². The van der Waals surface area contributed by atoms with E-state index in [-0.39, 0.29) is 19.4 Å². The van der Waals surface area contributed by atoms with Gasteiger partial charge in [0.05, 0.1) is 0 Å². The first kappa shape index (κ1) is 13.7. The number of rotatable bonds is 4. The lowest BCUT2D eigenvalue weighted by molar-refractivity contribution is -0.178. The van der Waals surface area contributed by atoms with E-state index in [2.05, 4.69) is 14.3 Å². The first-order valence-electron chi connectivity index (χ1n) is 5.06. The van der Waals surface area contributed by atoms with Crippen LogP contribution in [0.5, 0.6) is 0 Å². The summed E-state index contributed by atoms with van der Waals surface area (Å²) in [5.41, 5.74) is 4.71. The Labute approximate surface area is 102 Å². The molecule has 1 heterocycles. The highest BCUT2D eigenvalue weighted by atomic mass is 16.8. The Kier molecular flexibility index (Phi) is 4.46. The Bertz CT molecular complexity index is 365. The molecular weight excluding hydrogens is 248 g/mol. The Hall–Kier alpha value is -2.32. The molecule has 1 aliphatic heterocycles. The summed E-state index contributed by atoms with van der Waals surface area (Å²) in [7, 11) is 0. The molecule has 0 aliphatic carbocycles. The van der Waals surface area contributed by atoms with Crippen molar-refractivity contribution < 1.29 is 33.5 Å². The molecule has 0 spiro atoms. The zero-order valence-electron chi connectivity index (χ0n) is 9.58. The highest BCUT2D eigenvalue weighted by Crippen LogP contribution is 2.12. The van der Waals surface area contributed by atoms with E-state index in [4.69, 9.17) is 5.73 Å². The second-order valence-electron chi connectivity index (χ2n) is 3.48. The van der Waals surface area contributed by atoms with E-state index in [1.54, 1.807) is 0 Å². The first-order valence-corrected chi connectivity index (χ1v) is 5.06. The molecule has 9 heteroatoms. The summed E-state index contributed by atoms with van der Waals surface area (Å²) in [6, 6.07) is 0. The fourth-order valence-electron chi connectivity index (χ4n) is 1.15. The highest BCUT2D eigenvalue weighted by molar-refractivity contribution is 6.01. The topological polar surface area (TPSA) is 125 Å². The average molecular weight is 260 g/mol. The predicted molar refractivity (Wildman–Crippen MR) is 53.7 cm³/mol. The predicted octanol–water partition coefficient (Wildman–Crippen LogP) is -0.313. The summed E-state index contributed by atoms with van der Waals surface area (Å²) in [6.45, 7) is 1.16. The Morgan fingerprint density at radius 1 is 1.33 bits per heavy atom. The third kappa shape index (κ3) is 3.92. The molecule has 0 saturated carbocycles. The van der Waals surface area contributed by atoms with Gasteiger partial charge in [-0.05, 0) is 6.92 Å². The van der Waals surface area contributed by atoms with Crippen LogP contribution in [-0.2, 0) is 23.9 Å². The van der Waals surface area contributed by atoms with Crippen LogP contribution in [0.25, 0.3) is 0 Å². The van der Waals surface area contributed by atoms with Gasteiger partial charge in [0.2, 0.25) is 0 Å². The van der Waals surface area contributed by atoms with Gasteiger partial charge in [-0.15, -0.1) is 0 Å². The fraction of sp³-hybridized carbons (Fsp3) is 0.556. The molecule has 1 aliphatic rings. The summed E-state index contributed by atoms with van der Waals surface area (Å²) < 4.78 is 8.99. The number of amides is 3. The zero-order valence-corrected chi connectivity index (χ0v) is 9.58. The van der Waals surface area contributed by atoms with Crippen molar-refractivity contribution in [2.24, 2.45) is 5.73 Å². The van der Waals surface area contributed by atoms with E-state index >= 15 is 0 Å². The van der Waals surface area contributed by atoms with E-state index in [0.717, 1.165) is 0 Å². The molecule has 2 N–H and O–H groups in total. The summed E-state index contributed by atoms with van der Waals surface area (Å²) in [5, 5.41) is 0.351. The molecule has 1 fully saturated rings. The highest BCUT2D eigenvalue weighted by Gasteiger charge is 2.33. The van der Waals surface area contributed by atoms with Crippen molar-refractivity contribution in [3.8, 4) is 0 Å². The summed E-state index contributed by atoms with van der Waals surface area (Å²) in [5.74, 6) is -1.23. The van der Waals surface area contributed by atoms with Crippen molar-refractivity contribution in [1.29, 1.82) is 0 Å². The normalized spacial score (nSPS) is 16.4. The van der Waals surface area contributed by atoms with Crippen LogP contribution in [0.15, 0.2) is 0 Å². The molecule has 1 rings (SSSR count). The van der Waals surface area contributed by atoms with E-state index < -0.39 is 30.2 Å². The van der Waals surface area contributed by atoms with Crippen molar-refractivity contribution in [3.63, 3.8) is 0 Å². The van der Waals surface area contributed by atoms with E-state index in [1.165, 1.54) is 6.92 Å². The molecule has 0 aromatic rings. The van der Waals surface area contributed by atoms with Gasteiger partial charge in [-0.3, -0.25) is 14.4 Å². The Morgan fingerprint density at radius 2 is 1.89 bits per heavy atom. The van der Waals surface area contributed by atoms with Crippen LogP contribution in [0.4, 0.5) is 9.59 Å². The lowest BCUT2D eigenvalue weighted by atomic mass is 10.4. The summed E-state index contributed by atoms with van der Waals surface area (Å²) in [6.07, 6.45) is -3.08. The second-order valence-corrected chi connectivity index (χ2v) is 3.48. The molecule has 18 heavy (non-hydrogen) atoms. The largest absolute Gasteiger partial charge is 0.534 e. The molecule has 0 bridgehead atoms. The minimum Gasteiger partial charge on any atom is -0.446 e. The van der Waals surface area contributed by atoms with Gasteiger partial charge in [0.25, 0.3) is 11.8 Å². The van der Waals surface area contributed by atoms with Crippen molar-refractivity contribution in [2.75, 3.05) is 6.61 Å². The monoisotopic (exact) mass is 260 g/mol. The van der Waals surface area contributed by atoms with Gasteiger partial charge in [0.1, 0.15) is 12.7 Å². The SMILES string of the molecule is CC(COC(N)=O)OC(=O)ON1C(=O)CCC1=O. The van der Waals surface area contributed by atoms with Gasteiger partial charge < -0.3 is 15.2 Å². The smallest absolute Gasteiger partial charge is 0.446 e. The fourth-order valence-corrected chi connectivity index (χ4v) is 1.15. The van der Waals surface area contributed by atoms with Crippen LogP contribution in [0.3, 0.4) is 0 Å². The van der Waals surface area contributed by atoms with Gasteiger partial charge in [0.15, 0.2) is 0 Å². The molecule has 100 valence electrons. The quantitative estimate of drug-likeness (QED) is 0.542. The van der Waals surface area contributed by atoms with Crippen LogP contribution in [-0.4, -0.2) is 41.8 Å². The number of hydrogen-bond donors (Lipinski definition) is 1. The number of carbonyl (C=O) groups excluding carboxylic acids is 4. The number of nitrogens with two attached hydrogens (primary N) is 1. The number of hydrogen-bond acceptors (Lipinski definition) is 7. The summed E-state index contributed by atoms with van der Waals surface area (Å²) >= 11 is 0. The molecule has 1 unspecified atom stereocenters. The first-order chi connectivity index (χ1) is 8.40. The zero-order chi connectivity index (χ0) is 13.7. The molecule has 3 amide bonds. The molecule has 0 aromatic carbocycles. The number of nitrogens with zero attached hydrogens (tertiary/aromatic N) is 1. The van der Waals surface area contributed by atoms with Gasteiger partial charge in [-0.1, -0.05) is 5.06 Å². The second kappa shape index (κ2) is 5.84. The third-order valence-electron chi connectivity index (χ3n) is 1.93. The number of imide groups is 1. The standard InChI is InChI=1S/C9H12N2O7/c1-5(4-16-8(10)14)17-9(15)18-11-6(12)2-3-7(11)13/h5H,2-4H2,1H3,(H2,10,14). The Balaban J connectivity index is 2.35. The van der Waals surface area contributed by atoms with Crippen molar-refractivity contribution in [3.05, 3.63) is 0 Å². The number of ether oxygens (including phenoxy) is 2. The van der Waals surface area contributed by atoms with Crippen LogP contribution < -0.4 is 5.73 Å². The van der Waals surface area contributed by atoms with Gasteiger partial charge in [-0.2, -0.15) is 0 Å². The average Bonchev–Trinajstić information content (AvgIpc) is 2.58. The van der Waals surface area contributed by atoms with Crippen LogP contribution >= 0.6 is 0 Å². The van der Waals surface area contributed by atoms with Crippen molar-refractivity contribution in [1.82, 2.24) is 5.06 Å². The van der Waals surface area contributed by atoms with E-state index in [1.807, 2.05) is 0 Å². The maximum absolute atomic E-state index is 11.2. The Morgan fingerprint density at radius 3 is 2.39 bits per heavy atom. The number of carbonyl (C=O) groups is 4.